The third kappa shape index (κ3) is 2.95. The Bertz CT molecular complexity index is 412. The van der Waals surface area contributed by atoms with Crippen molar-refractivity contribution in [2.45, 2.75) is 37.0 Å². The Morgan fingerprint density at radius 1 is 1.59 bits per heavy atom. The van der Waals surface area contributed by atoms with Gasteiger partial charge in [-0.1, -0.05) is 18.5 Å². The van der Waals surface area contributed by atoms with Gasteiger partial charge < -0.3 is 5.11 Å². The van der Waals surface area contributed by atoms with Gasteiger partial charge in [0.05, 0.1) is 5.60 Å². The van der Waals surface area contributed by atoms with Crippen molar-refractivity contribution in [3.63, 3.8) is 0 Å². The summed E-state index contributed by atoms with van der Waals surface area (Å²) in [5, 5.41) is 11.3. The average molecular weight is 275 g/mol. The van der Waals surface area contributed by atoms with Crippen LogP contribution in [0.15, 0.2) is 18.2 Å². The maximum Gasteiger partial charge on any atom is 0.123 e. The van der Waals surface area contributed by atoms with E-state index >= 15 is 0 Å². The molecule has 1 N–H and O–H groups in total. The largest absolute Gasteiger partial charge is 0.388 e. The summed E-state index contributed by atoms with van der Waals surface area (Å²) in [5.74, 6) is 0.782. The minimum atomic E-state index is -0.764. The Morgan fingerprint density at radius 2 is 2.35 bits per heavy atom. The van der Waals surface area contributed by atoms with E-state index in [-0.39, 0.29) is 11.1 Å². The Morgan fingerprint density at radius 3 is 3.06 bits per heavy atom. The molecule has 1 aliphatic rings. The third-order valence-electron chi connectivity index (χ3n) is 3.38. The summed E-state index contributed by atoms with van der Waals surface area (Å²) in [7, 11) is 0. The lowest BCUT2D eigenvalue weighted by Gasteiger charge is -2.38. The first-order valence-electron chi connectivity index (χ1n) is 5.79. The smallest absolute Gasteiger partial charge is 0.123 e. The molecule has 1 aromatic rings. The van der Waals surface area contributed by atoms with E-state index in [0.29, 0.717) is 17.0 Å². The highest BCUT2D eigenvalue weighted by Gasteiger charge is 2.37. The lowest BCUT2D eigenvalue weighted by molar-refractivity contribution is 0.0297. The fourth-order valence-electron chi connectivity index (χ4n) is 2.24. The van der Waals surface area contributed by atoms with Crippen molar-refractivity contribution < 1.29 is 9.50 Å². The zero-order valence-corrected chi connectivity index (χ0v) is 11.3. The molecule has 1 heterocycles. The van der Waals surface area contributed by atoms with Gasteiger partial charge >= 0.3 is 0 Å². The zero-order valence-electron chi connectivity index (χ0n) is 9.75. The number of hydrogen-bond acceptors (Lipinski definition) is 2. The molecular weight excluding hydrogens is 259 g/mol. The van der Waals surface area contributed by atoms with E-state index in [4.69, 9.17) is 11.6 Å². The molecule has 4 heteroatoms. The van der Waals surface area contributed by atoms with Crippen molar-refractivity contribution in [2.24, 2.45) is 0 Å². The molecule has 0 saturated carbocycles. The van der Waals surface area contributed by atoms with Crippen LogP contribution in [0, 0.1) is 5.82 Å². The fourth-order valence-corrected chi connectivity index (χ4v) is 3.60. The first-order chi connectivity index (χ1) is 8.01. The first kappa shape index (κ1) is 13.2. The van der Waals surface area contributed by atoms with Gasteiger partial charge in [0.1, 0.15) is 5.82 Å². The number of rotatable bonds is 2. The fraction of sp³-hybridized carbons (Fsp3) is 0.538. The van der Waals surface area contributed by atoms with Crippen molar-refractivity contribution in [1.82, 2.24) is 0 Å². The number of thioether (sulfide) groups is 1. The van der Waals surface area contributed by atoms with E-state index in [0.717, 1.165) is 18.6 Å². The quantitative estimate of drug-likeness (QED) is 0.888. The third-order valence-corrected chi connectivity index (χ3v) is 5.21. The summed E-state index contributed by atoms with van der Waals surface area (Å²) in [5.41, 5.74) is -0.0658. The SMILES string of the molecule is CC1SCCCC1(O)Cc1cc(F)ccc1Cl. The van der Waals surface area contributed by atoms with Crippen molar-refractivity contribution in [3.8, 4) is 0 Å². The van der Waals surface area contributed by atoms with E-state index in [9.17, 15) is 9.50 Å². The van der Waals surface area contributed by atoms with Crippen LogP contribution in [0.4, 0.5) is 4.39 Å². The van der Waals surface area contributed by atoms with Gasteiger partial charge in [-0.3, -0.25) is 0 Å². The highest BCUT2D eigenvalue weighted by molar-refractivity contribution is 8.00. The average Bonchev–Trinajstić information content (AvgIpc) is 2.28. The van der Waals surface area contributed by atoms with Gasteiger partial charge in [-0.15, -0.1) is 0 Å². The lowest BCUT2D eigenvalue weighted by Crippen LogP contribution is -2.43. The summed E-state index contributed by atoms with van der Waals surface area (Å²) in [6.45, 7) is 2.02. The van der Waals surface area contributed by atoms with E-state index in [1.165, 1.54) is 12.1 Å². The van der Waals surface area contributed by atoms with Crippen molar-refractivity contribution in [2.75, 3.05) is 5.75 Å². The predicted molar refractivity (Wildman–Crippen MR) is 71.2 cm³/mol. The van der Waals surface area contributed by atoms with Crippen LogP contribution in [0.3, 0.4) is 0 Å². The lowest BCUT2D eigenvalue weighted by atomic mass is 9.87. The van der Waals surface area contributed by atoms with Crippen LogP contribution in [-0.4, -0.2) is 21.7 Å². The zero-order chi connectivity index (χ0) is 12.5. The van der Waals surface area contributed by atoms with E-state index in [1.54, 1.807) is 17.8 Å². The number of aliphatic hydroxyl groups is 1. The molecule has 0 bridgehead atoms. The summed E-state index contributed by atoms with van der Waals surface area (Å²) < 4.78 is 13.2. The van der Waals surface area contributed by atoms with Crippen molar-refractivity contribution in [3.05, 3.63) is 34.6 Å². The minimum Gasteiger partial charge on any atom is -0.388 e. The second-order valence-electron chi connectivity index (χ2n) is 4.63. The van der Waals surface area contributed by atoms with Gasteiger partial charge in [-0.25, -0.2) is 4.39 Å². The molecule has 0 radical (unpaired) electrons. The summed E-state index contributed by atoms with van der Waals surface area (Å²) in [6, 6.07) is 4.32. The molecule has 1 aromatic carbocycles. The highest BCUT2D eigenvalue weighted by Crippen LogP contribution is 2.37. The first-order valence-corrected chi connectivity index (χ1v) is 7.22. The van der Waals surface area contributed by atoms with E-state index < -0.39 is 5.60 Å². The molecule has 1 saturated heterocycles. The Labute approximate surface area is 110 Å². The minimum absolute atomic E-state index is 0.163. The van der Waals surface area contributed by atoms with Crippen LogP contribution < -0.4 is 0 Å². The Kier molecular flexibility index (Phi) is 4.01. The normalized spacial score (nSPS) is 29.3. The maximum absolute atomic E-state index is 13.2. The molecule has 17 heavy (non-hydrogen) atoms. The van der Waals surface area contributed by atoms with Crippen LogP contribution in [0.25, 0.3) is 0 Å². The van der Waals surface area contributed by atoms with Crippen LogP contribution in [0.5, 0.6) is 0 Å². The molecule has 0 amide bonds. The van der Waals surface area contributed by atoms with Crippen LogP contribution >= 0.6 is 23.4 Å². The summed E-state index contributed by atoms with van der Waals surface area (Å²) in [6.07, 6.45) is 2.18. The highest BCUT2D eigenvalue weighted by atomic mass is 35.5. The number of hydrogen-bond donors (Lipinski definition) is 1. The van der Waals surface area contributed by atoms with Gasteiger partial charge in [0.15, 0.2) is 0 Å². The molecular formula is C13H16ClFOS. The molecule has 0 spiro atoms. The topological polar surface area (TPSA) is 20.2 Å². The van der Waals surface area contributed by atoms with Gasteiger partial charge in [0, 0.05) is 16.7 Å². The van der Waals surface area contributed by atoms with Crippen LogP contribution in [-0.2, 0) is 6.42 Å². The van der Waals surface area contributed by atoms with Crippen molar-refractivity contribution >= 4 is 23.4 Å². The molecule has 2 rings (SSSR count). The Balaban J connectivity index is 2.21. The monoisotopic (exact) mass is 274 g/mol. The molecule has 2 atom stereocenters. The van der Waals surface area contributed by atoms with Crippen LogP contribution in [0.2, 0.25) is 5.02 Å². The second-order valence-corrected chi connectivity index (χ2v) is 6.49. The summed E-state index contributed by atoms with van der Waals surface area (Å²) in [4.78, 5) is 0. The van der Waals surface area contributed by atoms with Gasteiger partial charge in [0.2, 0.25) is 0 Å². The molecule has 1 fully saturated rings. The van der Waals surface area contributed by atoms with Gasteiger partial charge in [-0.05, 0) is 42.4 Å². The molecule has 0 aromatic heterocycles. The van der Waals surface area contributed by atoms with Gasteiger partial charge in [-0.2, -0.15) is 11.8 Å². The van der Waals surface area contributed by atoms with Crippen LogP contribution in [0.1, 0.15) is 25.3 Å². The summed E-state index contributed by atoms with van der Waals surface area (Å²) >= 11 is 7.81. The van der Waals surface area contributed by atoms with E-state index in [1.807, 2.05) is 6.92 Å². The number of halogens is 2. The van der Waals surface area contributed by atoms with E-state index in [2.05, 4.69) is 0 Å². The van der Waals surface area contributed by atoms with Crippen molar-refractivity contribution in [1.29, 1.82) is 0 Å². The maximum atomic E-state index is 13.2. The Hall–Kier alpha value is -0.250. The molecule has 94 valence electrons. The molecule has 0 aliphatic carbocycles. The van der Waals surface area contributed by atoms with Gasteiger partial charge in [0.25, 0.3) is 0 Å². The molecule has 2 unspecified atom stereocenters. The second kappa shape index (κ2) is 5.17. The predicted octanol–water partition coefficient (Wildman–Crippen LogP) is 3.67. The molecule has 1 nitrogen and oxygen atoms in total. The number of benzene rings is 1. The standard InChI is InChI=1S/C13H16ClFOS/c1-9-13(16,5-2-6-17-9)8-10-7-11(15)3-4-12(10)14/h3-4,7,9,16H,2,5-6,8H2,1H3. The molecule has 1 aliphatic heterocycles.